The Balaban J connectivity index is 2.16. The van der Waals surface area contributed by atoms with E-state index in [-0.39, 0.29) is 12.2 Å². The molecule has 1 fully saturated rings. The highest BCUT2D eigenvalue weighted by atomic mass is 35.5. The first kappa shape index (κ1) is 10.7. The third-order valence-corrected chi connectivity index (χ3v) is 2.70. The standard InChI is InChI=1S/C11H15ClN2O/c1-8-6-14(7-9(2)15-8)10-3-4-13-11(12)5-10/h3-5,8-9H,6-7H2,1-2H3/t8-,9-/m1/s1. The van der Waals surface area contributed by atoms with E-state index in [0.29, 0.717) is 5.15 Å². The summed E-state index contributed by atoms with van der Waals surface area (Å²) in [6.07, 6.45) is 2.27. The number of nitrogens with zero attached hydrogens (tertiary/aromatic N) is 2. The molecule has 4 heteroatoms. The summed E-state index contributed by atoms with van der Waals surface area (Å²) in [7, 11) is 0. The van der Waals surface area contributed by atoms with Gasteiger partial charge in [0.25, 0.3) is 0 Å². The van der Waals surface area contributed by atoms with Crippen LogP contribution in [-0.2, 0) is 4.74 Å². The van der Waals surface area contributed by atoms with E-state index in [1.165, 1.54) is 0 Å². The van der Waals surface area contributed by atoms with Crippen molar-refractivity contribution in [1.82, 2.24) is 4.98 Å². The highest BCUT2D eigenvalue weighted by Crippen LogP contribution is 2.21. The molecule has 1 aromatic rings. The van der Waals surface area contributed by atoms with Gasteiger partial charge in [-0.25, -0.2) is 4.98 Å². The quantitative estimate of drug-likeness (QED) is 0.688. The summed E-state index contributed by atoms with van der Waals surface area (Å²) in [5.41, 5.74) is 1.12. The highest BCUT2D eigenvalue weighted by Gasteiger charge is 2.22. The Morgan fingerprint density at radius 3 is 2.67 bits per heavy atom. The van der Waals surface area contributed by atoms with Crippen molar-refractivity contribution in [3.8, 4) is 0 Å². The van der Waals surface area contributed by atoms with Crippen LogP contribution in [0.4, 0.5) is 5.69 Å². The summed E-state index contributed by atoms with van der Waals surface area (Å²) in [6.45, 7) is 5.99. The molecule has 0 bridgehead atoms. The van der Waals surface area contributed by atoms with Crippen LogP contribution in [0.2, 0.25) is 5.15 Å². The van der Waals surface area contributed by atoms with E-state index in [0.717, 1.165) is 18.8 Å². The van der Waals surface area contributed by atoms with E-state index in [4.69, 9.17) is 16.3 Å². The average Bonchev–Trinajstić information content (AvgIpc) is 2.16. The first-order valence-corrected chi connectivity index (χ1v) is 5.55. The average molecular weight is 227 g/mol. The first-order chi connectivity index (χ1) is 7.15. The predicted molar refractivity (Wildman–Crippen MR) is 61.5 cm³/mol. The topological polar surface area (TPSA) is 25.4 Å². The van der Waals surface area contributed by atoms with Crippen LogP contribution < -0.4 is 4.90 Å². The maximum atomic E-state index is 5.87. The van der Waals surface area contributed by atoms with Crippen molar-refractivity contribution in [3.05, 3.63) is 23.5 Å². The molecule has 0 aliphatic carbocycles. The second kappa shape index (κ2) is 4.37. The van der Waals surface area contributed by atoms with Gasteiger partial charge in [0, 0.05) is 25.0 Å². The summed E-state index contributed by atoms with van der Waals surface area (Å²) in [6, 6.07) is 3.88. The lowest BCUT2D eigenvalue weighted by Gasteiger charge is -2.36. The van der Waals surface area contributed by atoms with Crippen LogP contribution in [0.1, 0.15) is 13.8 Å². The van der Waals surface area contributed by atoms with E-state index in [1.807, 2.05) is 12.1 Å². The molecule has 1 aliphatic rings. The van der Waals surface area contributed by atoms with Gasteiger partial charge < -0.3 is 9.64 Å². The lowest BCUT2D eigenvalue weighted by molar-refractivity contribution is -0.00522. The molecular weight excluding hydrogens is 212 g/mol. The van der Waals surface area contributed by atoms with Crippen LogP contribution >= 0.6 is 11.6 Å². The normalized spacial score (nSPS) is 26.7. The van der Waals surface area contributed by atoms with E-state index < -0.39 is 0 Å². The fourth-order valence-corrected chi connectivity index (χ4v) is 2.15. The molecular formula is C11H15ClN2O. The summed E-state index contributed by atoms with van der Waals surface area (Å²) in [4.78, 5) is 6.26. The fourth-order valence-electron chi connectivity index (χ4n) is 1.98. The zero-order valence-electron chi connectivity index (χ0n) is 8.98. The maximum absolute atomic E-state index is 5.87. The van der Waals surface area contributed by atoms with E-state index in [9.17, 15) is 0 Å². The van der Waals surface area contributed by atoms with Gasteiger partial charge in [-0.05, 0) is 26.0 Å². The second-order valence-corrected chi connectivity index (χ2v) is 4.39. The number of hydrogen-bond donors (Lipinski definition) is 0. The summed E-state index contributed by atoms with van der Waals surface area (Å²) in [5, 5.41) is 0.541. The Labute approximate surface area is 95.0 Å². The van der Waals surface area contributed by atoms with Gasteiger partial charge >= 0.3 is 0 Å². The smallest absolute Gasteiger partial charge is 0.131 e. The van der Waals surface area contributed by atoms with Crippen molar-refractivity contribution >= 4 is 17.3 Å². The SMILES string of the molecule is C[C@@H]1CN(c2ccnc(Cl)c2)C[C@@H](C)O1. The molecule has 1 aliphatic heterocycles. The zero-order chi connectivity index (χ0) is 10.8. The molecule has 1 saturated heterocycles. The van der Waals surface area contributed by atoms with Gasteiger partial charge in [0.1, 0.15) is 5.15 Å². The molecule has 0 radical (unpaired) electrons. The van der Waals surface area contributed by atoms with Crippen LogP contribution in [0.5, 0.6) is 0 Å². The molecule has 0 aromatic carbocycles. The molecule has 3 nitrogen and oxygen atoms in total. The van der Waals surface area contributed by atoms with Crippen molar-refractivity contribution in [2.45, 2.75) is 26.1 Å². The number of ether oxygens (including phenoxy) is 1. The number of rotatable bonds is 1. The Kier molecular flexibility index (Phi) is 3.12. The first-order valence-electron chi connectivity index (χ1n) is 5.17. The summed E-state index contributed by atoms with van der Waals surface area (Å²) in [5.74, 6) is 0. The van der Waals surface area contributed by atoms with Gasteiger partial charge in [-0.1, -0.05) is 11.6 Å². The lowest BCUT2D eigenvalue weighted by Crippen LogP contribution is -2.45. The minimum atomic E-state index is 0.265. The molecule has 0 amide bonds. The van der Waals surface area contributed by atoms with Gasteiger partial charge in [-0.15, -0.1) is 0 Å². The third kappa shape index (κ3) is 2.61. The third-order valence-electron chi connectivity index (χ3n) is 2.49. The molecule has 2 rings (SSSR count). The van der Waals surface area contributed by atoms with Gasteiger partial charge in [-0.3, -0.25) is 0 Å². The van der Waals surface area contributed by atoms with E-state index in [1.54, 1.807) is 6.20 Å². The Morgan fingerprint density at radius 1 is 1.40 bits per heavy atom. The van der Waals surface area contributed by atoms with Crippen molar-refractivity contribution in [3.63, 3.8) is 0 Å². The number of pyridine rings is 1. The summed E-state index contributed by atoms with van der Waals surface area (Å²) < 4.78 is 5.68. The van der Waals surface area contributed by atoms with Gasteiger partial charge in [0.15, 0.2) is 0 Å². The van der Waals surface area contributed by atoms with Gasteiger partial charge in [0.2, 0.25) is 0 Å². The van der Waals surface area contributed by atoms with Crippen molar-refractivity contribution in [2.24, 2.45) is 0 Å². The van der Waals surface area contributed by atoms with Crippen molar-refractivity contribution in [2.75, 3.05) is 18.0 Å². The van der Waals surface area contributed by atoms with Gasteiger partial charge in [-0.2, -0.15) is 0 Å². The minimum Gasteiger partial charge on any atom is -0.372 e. The number of anilines is 1. The zero-order valence-corrected chi connectivity index (χ0v) is 9.74. The van der Waals surface area contributed by atoms with Crippen LogP contribution in [0.3, 0.4) is 0 Å². The van der Waals surface area contributed by atoms with Crippen molar-refractivity contribution in [1.29, 1.82) is 0 Å². The van der Waals surface area contributed by atoms with E-state index >= 15 is 0 Å². The Morgan fingerprint density at radius 2 is 2.07 bits per heavy atom. The van der Waals surface area contributed by atoms with E-state index in [2.05, 4.69) is 23.7 Å². The maximum Gasteiger partial charge on any atom is 0.131 e. The van der Waals surface area contributed by atoms with Crippen LogP contribution in [0, 0.1) is 0 Å². The molecule has 2 heterocycles. The minimum absolute atomic E-state index is 0.265. The number of aromatic nitrogens is 1. The number of hydrogen-bond acceptors (Lipinski definition) is 3. The molecule has 1 aromatic heterocycles. The van der Waals surface area contributed by atoms with Gasteiger partial charge in [0.05, 0.1) is 12.2 Å². The van der Waals surface area contributed by atoms with Crippen molar-refractivity contribution < 1.29 is 4.74 Å². The lowest BCUT2D eigenvalue weighted by atomic mass is 10.2. The largest absolute Gasteiger partial charge is 0.372 e. The molecule has 15 heavy (non-hydrogen) atoms. The highest BCUT2D eigenvalue weighted by molar-refractivity contribution is 6.29. The second-order valence-electron chi connectivity index (χ2n) is 4.00. The molecule has 0 spiro atoms. The molecule has 82 valence electrons. The predicted octanol–water partition coefficient (Wildman–Crippen LogP) is 2.35. The van der Waals surface area contributed by atoms with Crippen LogP contribution in [0.15, 0.2) is 18.3 Å². The number of morpholine rings is 1. The van der Waals surface area contributed by atoms with Crippen LogP contribution in [0.25, 0.3) is 0 Å². The molecule has 0 unspecified atom stereocenters. The summed E-state index contributed by atoms with van der Waals surface area (Å²) >= 11 is 5.87. The Hall–Kier alpha value is -0.800. The molecule has 0 saturated carbocycles. The Bertz CT molecular complexity index is 335. The molecule has 0 N–H and O–H groups in total. The number of halogens is 1. The fraction of sp³-hybridized carbons (Fsp3) is 0.545. The monoisotopic (exact) mass is 226 g/mol. The molecule has 2 atom stereocenters. The van der Waals surface area contributed by atoms with Crippen LogP contribution in [-0.4, -0.2) is 30.3 Å².